The largest absolute Gasteiger partial charge is 0.394 e. The maximum Gasteiger partial charge on any atom is 0.245 e. The molecule has 1 saturated heterocycles. The van der Waals surface area contributed by atoms with Crippen LogP contribution in [0.5, 0.6) is 0 Å². The number of alkyl halides is 1. The molecule has 1 aliphatic heterocycles. The summed E-state index contributed by atoms with van der Waals surface area (Å²) in [4.78, 5) is 19.3. The number of piperidine rings is 1. The molecule has 0 unspecified atom stereocenters. The molecule has 1 amide bonds. The number of hydrogen-bond acceptors (Lipinski definition) is 7. The van der Waals surface area contributed by atoms with Gasteiger partial charge in [-0.15, -0.1) is 0 Å². The fourth-order valence-electron chi connectivity index (χ4n) is 5.09. The number of nitrogens with one attached hydrogen (secondary N) is 3. The van der Waals surface area contributed by atoms with Crippen LogP contribution in [0.4, 0.5) is 15.8 Å². The Balaban J connectivity index is 1.59. The van der Waals surface area contributed by atoms with Crippen LogP contribution in [0, 0.1) is 5.92 Å². The zero-order valence-electron chi connectivity index (χ0n) is 23.2. The number of amides is 1. The fourth-order valence-corrected chi connectivity index (χ4v) is 6.38. The van der Waals surface area contributed by atoms with E-state index in [1.807, 2.05) is 30.3 Å². The number of aliphatic hydroxyl groups excluding tert-OH is 1. The molecule has 0 bridgehead atoms. The van der Waals surface area contributed by atoms with Crippen LogP contribution in [0.25, 0.3) is 0 Å². The average Bonchev–Trinajstić information content (AvgIpc) is 3.00. The number of anilines is 2. The lowest BCUT2D eigenvalue weighted by Crippen LogP contribution is -2.46. The van der Waals surface area contributed by atoms with Gasteiger partial charge in [0.2, 0.25) is 15.9 Å². The number of pyridine rings is 1. The van der Waals surface area contributed by atoms with E-state index in [1.165, 1.54) is 18.5 Å². The number of hydrogen-bond donors (Lipinski definition) is 4. The van der Waals surface area contributed by atoms with Crippen molar-refractivity contribution in [3.63, 3.8) is 0 Å². The Kier molecular flexibility index (Phi) is 10.7. The first-order valence-electron chi connectivity index (χ1n) is 13.8. The SMILES string of the molecule is CNc1ccc([C@H](NS(=O)(=O)c2cnccc2N[C@H](CO)Cc2ccccc2)C(=O)N2CCC(CCF)CC2)cc1. The predicted octanol–water partition coefficient (Wildman–Crippen LogP) is 3.76. The van der Waals surface area contributed by atoms with E-state index < -0.39 is 22.1 Å². The lowest BCUT2D eigenvalue weighted by Gasteiger charge is -2.34. The zero-order chi connectivity index (χ0) is 29.2. The van der Waals surface area contributed by atoms with Crippen LogP contribution in [0.1, 0.15) is 36.4 Å². The summed E-state index contributed by atoms with van der Waals surface area (Å²) in [5.74, 6) is -0.145. The van der Waals surface area contributed by atoms with Crippen molar-refractivity contribution in [1.29, 1.82) is 0 Å². The van der Waals surface area contributed by atoms with E-state index in [-0.39, 0.29) is 35.7 Å². The smallest absolute Gasteiger partial charge is 0.245 e. The summed E-state index contributed by atoms with van der Waals surface area (Å²) in [5.41, 5.74) is 2.58. The first kappa shape index (κ1) is 30.4. The average molecular weight is 584 g/mol. The summed E-state index contributed by atoms with van der Waals surface area (Å²) in [6.07, 6.45) is 5.00. The summed E-state index contributed by atoms with van der Waals surface area (Å²) in [6.45, 7) is 0.269. The van der Waals surface area contributed by atoms with Gasteiger partial charge in [0, 0.05) is 38.2 Å². The molecule has 1 aromatic heterocycles. The molecule has 41 heavy (non-hydrogen) atoms. The Hall–Kier alpha value is -3.54. The number of halogens is 1. The van der Waals surface area contributed by atoms with Gasteiger partial charge in [-0.3, -0.25) is 14.2 Å². The number of rotatable bonds is 13. The topological polar surface area (TPSA) is 124 Å². The minimum absolute atomic E-state index is 0.127. The highest BCUT2D eigenvalue weighted by atomic mass is 32.2. The molecule has 0 radical (unpaired) electrons. The van der Waals surface area contributed by atoms with Gasteiger partial charge in [-0.05, 0) is 60.9 Å². The van der Waals surface area contributed by atoms with Crippen molar-refractivity contribution in [3.8, 4) is 0 Å². The second-order valence-electron chi connectivity index (χ2n) is 10.3. The highest BCUT2D eigenvalue weighted by Gasteiger charge is 2.34. The van der Waals surface area contributed by atoms with Crippen LogP contribution in [-0.4, -0.2) is 68.8 Å². The Labute approximate surface area is 241 Å². The summed E-state index contributed by atoms with van der Waals surface area (Å²) in [5, 5.41) is 16.2. The summed E-state index contributed by atoms with van der Waals surface area (Å²) < 4.78 is 43.2. The van der Waals surface area contributed by atoms with Gasteiger partial charge in [0.15, 0.2) is 0 Å². The van der Waals surface area contributed by atoms with Gasteiger partial charge in [0.25, 0.3) is 0 Å². The number of likely N-dealkylation sites (tertiary alicyclic amines) is 1. The lowest BCUT2D eigenvalue weighted by atomic mass is 9.93. The van der Waals surface area contributed by atoms with Crippen LogP contribution < -0.4 is 15.4 Å². The molecule has 2 atom stereocenters. The Morgan fingerprint density at radius 3 is 2.44 bits per heavy atom. The number of aliphatic hydroxyl groups is 1. The van der Waals surface area contributed by atoms with Gasteiger partial charge < -0.3 is 20.6 Å². The monoisotopic (exact) mass is 583 g/mol. The number of nitrogens with zero attached hydrogens (tertiary/aromatic N) is 2. The molecule has 4 N–H and O–H groups in total. The third-order valence-electron chi connectivity index (χ3n) is 7.48. The number of aromatic nitrogens is 1. The van der Waals surface area contributed by atoms with E-state index in [1.54, 1.807) is 36.2 Å². The second-order valence-corrected chi connectivity index (χ2v) is 11.9. The van der Waals surface area contributed by atoms with Crippen molar-refractivity contribution in [3.05, 3.63) is 84.2 Å². The minimum Gasteiger partial charge on any atom is -0.394 e. The van der Waals surface area contributed by atoms with Gasteiger partial charge in [-0.25, -0.2) is 8.42 Å². The first-order valence-corrected chi connectivity index (χ1v) is 15.3. The van der Waals surface area contributed by atoms with Crippen LogP contribution in [0.15, 0.2) is 78.0 Å². The molecule has 220 valence electrons. The molecule has 1 aliphatic rings. The third kappa shape index (κ3) is 8.02. The number of carbonyl (C=O) groups is 1. The molecule has 2 heterocycles. The van der Waals surface area contributed by atoms with Crippen molar-refractivity contribution in [2.75, 3.05) is 44.1 Å². The molecular formula is C30H38FN5O4S. The summed E-state index contributed by atoms with van der Waals surface area (Å²) in [7, 11) is -2.48. The van der Waals surface area contributed by atoms with Gasteiger partial charge in [0.05, 0.1) is 25.0 Å². The fraction of sp³-hybridized carbons (Fsp3) is 0.400. The van der Waals surface area contributed by atoms with Crippen molar-refractivity contribution in [2.24, 2.45) is 5.92 Å². The molecule has 4 rings (SSSR count). The second kappa shape index (κ2) is 14.4. The van der Waals surface area contributed by atoms with E-state index in [9.17, 15) is 22.7 Å². The van der Waals surface area contributed by atoms with Crippen molar-refractivity contribution in [1.82, 2.24) is 14.6 Å². The number of benzene rings is 2. The molecule has 3 aromatic rings. The molecule has 1 fully saturated rings. The lowest BCUT2D eigenvalue weighted by molar-refractivity contribution is -0.134. The molecular weight excluding hydrogens is 545 g/mol. The summed E-state index contributed by atoms with van der Waals surface area (Å²) >= 11 is 0. The van der Waals surface area contributed by atoms with E-state index >= 15 is 0 Å². The standard InChI is InChI=1S/C30H38FN5O4S/c1-32-25-9-7-24(8-10-25)29(30(38)36-17-13-22(11-15-31)14-18-36)35-41(39,40)28-20-33-16-12-27(28)34-26(21-37)19-23-5-3-2-4-6-23/h2-10,12,16,20,22,26,29,32,35,37H,11,13-15,17-19,21H2,1H3,(H,33,34)/t26-,29-/m0/s1. The van der Waals surface area contributed by atoms with E-state index in [0.717, 1.165) is 11.3 Å². The molecule has 0 saturated carbocycles. The molecule has 0 aliphatic carbocycles. The maximum absolute atomic E-state index is 13.8. The van der Waals surface area contributed by atoms with E-state index in [4.69, 9.17) is 0 Å². The Morgan fingerprint density at radius 2 is 1.80 bits per heavy atom. The Morgan fingerprint density at radius 1 is 1.10 bits per heavy atom. The van der Waals surface area contributed by atoms with Gasteiger partial charge >= 0.3 is 0 Å². The van der Waals surface area contributed by atoms with Gasteiger partial charge in [0.1, 0.15) is 10.9 Å². The highest BCUT2D eigenvalue weighted by Crippen LogP contribution is 2.28. The van der Waals surface area contributed by atoms with E-state index in [0.29, 0.717) is 44.3 Å². The normalized spacial score (nSPS) is 15.7. The Bertz CT molecular complexity index is 1370. The molecule has 2 aromatic carbocycles. The van der Waals surface area contributed by atoms with Crippen molar-refractivity contribution < 1.29 is 22.7 Å². The van der Waals surface area contributed by atoms with Crippen molar-refractivity contribution in [2.45, 2.75) is 42.7 Å². The molecule has 11 heteroatoms. The quantitative estimate of drug-likeness (QED) is 0.242. The number of sulfonamides is 1. The van der Waals surface area contributed by atoms with E-state index in [2.05, 4.69) is 20.3 Å². The minimum atomic E-state index is -4.25. The van der Waals surface area contributed by atoms with Crippen molar-refractivity contribution >= 4 is 27.3 Å². The maximum atomic E-state index is 13.8. The van der Waals surface area contributed by atoms with Crippen LogP contribution in [0.3, 0.4) is 0 Å². The molecule has 9 nitrogen and oxygen atoms in total. The molecule has 0 spiro atoms. The summed E-state index contributed by atoms with van der Waals surface area (Å²) in [6, 6.07) is 16.5. The zero-order valence-corrected chi connectivity index (χ0v) is 24.0. The highest BCUT2D eigenvalue weighted by molar-refractivity contribution is 7.89. The third-order valence-corrected chi connectivity index (χ3v) is 8.93. The van der Waals surface area contributed by atoms with Gasteiger partial charge in [-0.2, -0.15) is 4.72 Å². The van der Waals surface area contributed by atoms with Gasteiger partial charge in [-0.1, -0.05) is 42.5 Å². The van der Waals surface area contributed by atoms with Crippen LogP contribution in [-0.2, 0) is 21.2 Å². The first-order chi connectivity index (χ1) is 19.8. The predicted molar refractivity (Wildman–Crippen MR) is 158 cm³/mol. The van der Waals surface area contributed by atoms with Crippen LogP contribution in [0.2, 0.25) is 0 Å². The van der Waals surface area contributed by atoms with Crippen LogP contribution >= 0.6 is 0 Å². The number of carbonyl (C=O) groups excluding carboxylic acids is 1.